The fraction of sp³-hybridized carbons (Fsp3) is 0.565. The molecule has 6 nitrogen and oxygen atoms in total. The topological polar surface area (TPSA) is 50.5 Å². The highest BCUT2D eigenvalue weighted by atomic mass is 16.1. The first-order valence-electron chi connectivity index (χ1n) is 11.0. The van der Waals surface area contributed by atoms with Gasteiger partial charge in [-0.2, -0.15) is 0 Å². The van der Waals surface area contributed by atoms with Crippen molar-refractivity contribution in [1.82, 2.24) is 18.9 Å². The summed E-state index contributed by atoms with van der Waals surface area (Å²) >= 11 is 0. The number of likely N-dealkylation sites (tertiary alicyclic amines) is 2. The van der Waals surface area contributed by atoms with Gasteiger partial charge in [0.1, 0.15) is 0 Å². The van der Waals surface area contributed by atoms with E-state index in [1.165, 1.54) is 24.2 Å². The molecule has 6 rings (SSSR count). The predicted molar refractivity (Wildman–Crippen MR) is 111 cm³/mol. The highest BCUT2D eigenvalue weighted by Crippen LogP contribution is 2.37. The minimum atomic E-state index is 0.156. The van der Waals surface area contributed by atoms with Gasteiger partial charge in [-0.1, -0.05) is 12.1 Å². The van der Waals surface area contributed by atoms with Crippen LogP contribution in [0.5, 0.6) is 0 Å². The zero-order valence-corrected chi connectivity index (χ0v) is 16.7. The molecule has 0 aliphatic carbocycles. The standard InChI is InChI=1S/C23H28N4O2/c28-22-5-1-3-20-18-7-16(11-26(20)22)9-24(13-18)15-25-10-17-8-19(14-25)21-4-2-6-23(29)27(21)12-17/h1-6,16-19H,7-15H2/t16-,17+,18+,19-. The van der Waals surface area contributed by atoms with Crippen LogP contribution < -0.4 is 11.1 Å². The van der Waals surface area contributed by atoms with Gasteiger partial charge in [-0.05, 0) is 36.8 Å². The molecule has 0 spiro atoms. The van der Waals surface area contributed by atoms with Crippen molar-refractivity contribution in [3.8, 4) is 0 Å². The molecule has 2 saturated heterocycles. The monoisotopic (exact) mass is 392 g/mol. The SMILES string of the molecule is O=c1cccc2n1C[C@H]1C[C@@H]2CN(CN2C[C@H]3C[C@@H](C2)c2cccc(=O)n2C3)C1. The van der Waals surface area contributed by atoms with Crippen LogP contribution in [-0.4, -0.2) is 51.8 Å². The van der Waals surface area contributed by atoms with Gasteiger partial charge in [0, 0.05) is 74.6 Å². The molecule has 2 fully saturated rings. The number of rotatable bonds is 2. The van der Waals surface area contributed by atoms with Crippen LogP contribution in [0.15, 0.2) is 46.0 Å². The van der Waals surface area contributed by atoms with Crippen molar-refractivity contribution >= 4 is 0 Å². The highest BCUT2D eigenvalue weighted by Gasteiger charge is 2.38. The summed E-state index contributed by atoms with van der Waals surface area (Å²) in [5, 5.41) is 0. The number of hydrogen-bond acceptors (Lipinski definition) is 4. The van der Waals surface area contributed by atoms with Crippen molar-refractivity contribution < 1.29 is 0 Å². The molecule has 2 aromatic rings. The Bertz CT molecular complexity index is 974. The van der Waals surface area contributed by atoms with Crippen molar-refractivity contribution in [2.75, 3.05) is 32.8 Å². The van der Waals surface area contributed by atoms with Gasteiger partial charge in [-0.25, -0.2) is 0 Å². The van der Waals surface area contributed by atoms with Crippen molar-refractivity contribution in [3.05, 3.63) is 68.5 Å². The molecular formula is C23H28N4O2. The maximum atomic E-state index is 12.2. The summed E-state index contributed by atoms with van der Waals surface area (Å²) in [6, 6.07) is 11.5. The van der Waals surface area contributed by atoms with Crippen LogP contribution in [0.3, 0.4) is 0 Å². The van der Waals surface area contributed by atoms with E-state index in [0.29, 0.717) is 23.7 Å². The summed E-state index contributed by atoms with van der Waals surface area (Å²) in [4.78, 5) is 29.7. The van der Waals surface area contributed by atoms with E-state index in [-0.39, 0.29) is 11.1 Å². The quantitative estimate of drug-likeness (QED) is 0.777. The minimum absolute atomic E-state index is 0.156. The van der Waals surface area contributed by atoms with Gasteiger partial charge in [-0.3, -0.25) is 19.4 Å². The average Bonchev–Trinajstić information content (AvgIpc) is 2.70. The molecule has 6 heterocycles. The largest absolute Gasteiger partial charge is 0.312 e. The van der Waals surface area contributed by atoms with Crippen LogP contribution >= 0.6 is 0 Å². The number of nitrogens with zero attached hydrogens (tertiary/aromatic N) is 4. The molecule has 0 unspecified atom stereocenters. The lowest BCUT2D eigenvalue weighted by Gasteiger charge is -2.47. The number of pyridine rings is 2. The zero-order valence-electron chi connectivity index (χ0n) is 16.7. The second kappa shape index (κ2) is 6.67. The smallest absolute Gasteiger partial charge is 0.250 e. The van der Waals surface area contributed by atoms with Crippen LogP contribution in [0.2, 0.25) is 0 Å². The van der Waals surface area contributed by atoms with E-state index in [9.17, 15) is 9.59 Å². The molecule has 0 radical (unpaired) electrons. The summed E-state index contributed by atoms with van der Waals surface area (Å²) in [6.45, 7) is 6.99. The van der Waals surface area contributed by atoms with Crippen molar-refractivity contribution in [2.45, 2.75) is 37.8 Å². The first-order valence-corrected chi connectivity index (χ1v) is 11.0. The highest BCUT2D eigenvalue weighted by molar-refractivity contribution is 5.18. The van der Waals surface area contributed by atoms with E-state index in [1.807, 2.05) is 21.3 Å². The van der Waals surface area contributed by atoms with E-state index in [4.69, 9.17) is 0 Å². The van der Waals surface area contributed by atoms with E-state index >= 15 is 0 Å². The van der Waals surface area contributed by atoms with Crippen molar-refractivity contribution in [3.63, 3.8) is 0 Å². The fourth-order valence-electron chi connectivity index (χ4n) is 6.50. The van der Waals surface area contributed by atoms with Gasteiger partial charge in [0.15, 0.2) is 0 Å². The average molecular weight is 393 g/mol. The van der Waals surface area contributed by atoms with Gasteiger partial charge >= 0.3 is 0 Å². The third kappa shape index (κ3) is 3.01. The van der Waals surface area contributed by atoms with E-state index in [2.05, 4.69) is 21.9 Å². The minimum Gasteiger partial charge on any atom is -0.312 e. The molecule has 4 aliphatic heterocycles. The van der Waals surface area contributed by atoms with Gasteiger partial charge in [-0.15, -0.1) is 0 Å². The lowest BCUT2D eigenvalue weighted by molar-refractivity contribution is 0.0266. The van der Waals surface area contributed by atoms with Crippen LogP contribution in [0.25, 0.3) is 0 Å². The lowest BCUT2D eigenvalue weighted by Crippen LogP contribution is -2.54. The molecule has 2 aromatic heterocycles. The van der Waals surface area contributed by atoms with Crippen LogP contribution in [0, 0.1) is 11.8 Å². The summed E-state index contributed by atoms with van der Waals surface area (Å²) in [7, 11) is 0. The molecule has 6 heteroatoms. The Morgan fingerprint density at radius 3 is 1.62 bits per heavy atom. The molecule has 29 heavy (non-hydrogen) atoms. The molecule has 0 saturated carbocycles. The number of hydrogen-bond donors (Lipinski definition) is 0. The Kier molecular flexibility index (Phi) is 4.06. The lowest BCUT2D eigenvalue weighted by atomic mass is 9.82. The maximum absolute atomic E-state index is 12.2. The predicted octanol–water partition coefficient (Wildman–Crippen LogP) is 1.51. The molecule has 4 atom stereocenters. The van der Waals surface area contributed by atoms with Gasteiger partial charge in [0.05, 0.1) is 6.67 Å². The van der Waals surface area contributed by atoms with Gasteiger partial charge < -0.3 is 9.13 Å². The summed E-state index contributed by atoms with van der Waals surface area (Å²) in [6.07, 6.45) is 2.42. The molecule has 0 aromatic carbocycles. The molecule has 0 N–H and O–H groups in total. The summed E-state index contributed by atoms with van der Waals surface area (Å²) in [5.41, 5.74) is 2.76. The van der Waals surface area contributed by atoms with Crippen molar-refractivity contribution in [1.29, 1.82) is 0 Å². The fourth-order valence-corrected chi connectivity index (χ4v) is 6.50. The first kappa shape index (κ1) is 17.7. The second-order valence-corrected chi connectivity index (χ2v) is 9.61. The Balaban J connectivity index is 1.19. The van der Waals surface area contributed by atoms with Crippen LogP contribution in [0.4, 0.5) is 0 Å². The summed E-state index contributed by atoms with van der Waals surface area (Å²) in [5.74, 6) is 2.09. The van der Waals surface area contributed by atoms with E-state index < -0.39 is 0 Å². The normalized spacial score (nSPS) is 31.2. The maximum Gasteiger partial charge on any atom is 0.250 e. The molecule has 4 aliphatic rings. The first-order chi connectivity index (χ1) is 14.1. The van der Waals surface area contributed by atoms with Crippen LogP contribution in [-0.2, 0) is 13.1 Å². The number of aromatic nitrogens is 2. The third-order valence-electron chi connectivity index (χ3n) is 7.51. The zero-order chi connectivity index (χ0) is 19.5. The second-order valence-electron chi connectivity index (χ2n) is 9.61. The molecule has 0 amide bonds. The number of piperidine rings is 2. The Morgan fingerprint density at radius 1 is 0.655 bits per heavy atom. The Morgan fingerprint density at radius 2 is 1.14 bits per heavy atom. The van der Waals surface area contributed by atoms with E-state index in [0.717, 1.165) is 45.9 Å². The Hall–Kier alpha value is -2.18. The number of fused-ring (bicyclic) bond motifs is 8. The Labute approximate surface area is 170 Å². The van der Waals surface area contributed by atoms with Crippen LogP contribution in [0.1, 0.15) is 36.1 Å². The van der Waals surface area contributed by atoms with Gasteiger partial charge in [0.2, 0.25) is 0 Å². The molecular weight excluding hydrogens is 364 g/mol. The third-order valence-corrected chi connectivity index (χ3v) is 7.51. The summed E-state index contributed by atoms with van der Waals surface area (Å²) < 4.78 is 4.02. The van der Waals surface area contributed by atoms with Crippen molar-refractivity contribution in [2.24, 2.45) is 11.8 Å². The molecule has 152 valence electrons. The van der Waals surface area contributed by atoms with Gasteiger partial charge in [0.25, 0.3) is 11.1 Å². The van der Waals surface area contributed by atoms with E-state index in [1.54, 1.807) is 12.1 Å². The molecule has 4 bridgehead atoms.